The maximum atomic E-state index is 8.78. The van der Waals surface area contributed by atoms with Crippen molar-refractivity contribution in [3.05, 3.63) is 23.8 Å². The average Bonchev–Trinajstić information content (AvgIpc) is 3.16. The summed E-state index contributed by atoms with van der Waals surface area (Å²) in [6.45, 7) is 2.23. The van der Waals surface area contributed by atoms with E-state index in [1.165, 1.54) is 12.8 Å². The van der Waals surface area contributed by atoms with E-state index in [0.29, 0.717) is 17.5 Å². The molecule has 2 heterocycles. The first-order valence-electron chi connectivity index (χ1n) is 6.72. The summed E-state index contributed by atoms with van der Waals surface area (Å²) in [6, 6.07) is 3.77. The lowest BCUT2D eigenvalue weighted by atomic mass is 10.0. The SMILES string of the molecule is CCC1CCC(c2noc(-c3c[nH]c(C#N)c3)n2)C1. The van der Waals surface area contributed by atoms with Gasteiger partial charge in [0.1, 0.15) is 11.8 Å². The minimum absolute atomic E-state index is 0.428. The molecule has 2 aromatic rings. The van der Waals surface area contributed by atoms with Gasteiger partial charge in [0.15, 0.2) is 5.82 Å². The molecule has 0 saturated heterocycles. The largest absolute Gasteiger partial charge is 0.352 e. The number of aromatic nitrogens is 3. The van der Waals surface area contributed by atoms with Crippen molar-refractivity contribution in [2.45, 2.75) is 38.5 Å². The predicted molar refractivity (Wildman–Crippen MR) is 69.2 cm³/mol. The van der Waals surface area contributed by atoms with Gasteiger partial charge in [-0.25, -0.2) is 0 Å². The fraction of sp³-hybridized carbons (Fsp3) is 0.500. The molecule has 0 amide bonds. The maximum Gasteiger partial charge on any atom is 0.259 e. The number of nitrogens with one attached hydrogen (secondary N) is 1. The molecule has 2 aromatic heterocycles. The third-order valence-electron chi connectivity index (χ3n) is 3.98. The van der Waals surface area contributed by atoms with Gasteiger partial charge in [0, 0.05) is 12.1 Å². The Bertz CT molecular complexity index is 607. The van der Waals surface area contributed by atoms with Crippen LogP contribution < -0.4 is 0 Å². The van der Waals surface area contributed by atoms with Crippen LogP contribution >= 0.6 is 0 Å². The number of rotatable bonds is 3. The molecule has 0 spiro atoms. The van der Waals surface area contributed by atoms with Gasteiger partial charge in [-0.1, -0.05) is 18.5 Å². The number of hydrogen-bond acceptors (Lipinski definition) is 4. The van der Waals surface area contributed by atoms with E-state index in [1.54, 1.807) is 12.3 Å². The highest BCUT2D eigenvalue weighted by atomic mass is 16.5. The Balaban J connectivity index is 1.78. The topological polar surface area (TPSA) is 78.5 Å². The first-order valence-corrected chi connectivity index (χ1v) is 6.72. The van der Waals surface area contributed by atoms with E-state index in [1.807, 2.05) is 6.07 Å². The Morgan fingerprint density at radius 3 is 3.11 bits per heavy atom. The van der Waals surface area contributed by atoms with E-state index in [-0.39, 0.29) is 0 Å². The molecular weight excluding hydrogens is 240 g/mol. The Morgan fingerprint density at radius 2 is 2.42 bits per heavy atom. The summed E-state index contributed by atoms with van der Waals surface area (Å²) in [6.07, 6.45) is 6.51. The van der Waals surface area contributed by atoms with Crippen LogP contribution in [0.2, 0.25) is 0 Å². The van der Waals surface area contributed by atoms with E-state index >= 15 is 0 Å². The zero-order chi connectivity index (χ0) is 13.2. The number of nitrogens with zero attached hydrogens (tertiary/aromatic N) is 3. The van der Waals surface area contributed by atoms with Gasteiger partial charge in [0.2, 0.25) is 0 Å². The summed E-state index contributed by atoms with van der Waals surface area (Å²) < 4.78 is 5.30. The molecule has 0 aliphatic heterocycles. The van der Waals surface area contributed by atoms with Crippen molar-refractivity contribution in [3.63, 3.8) is 0 Å². The zero-order valence-electron chi connectivity index (χ0n) is 10.9. The molecule has 0 bridgehead atoms. The lowest BCUT2D eigenvalue weighted by Crippen LogP contribution is -1.97. The number of H-pyrrole nitrogens is 1. The van der Waals surface area contributed by atoms with E-state index < -0.39 is 0 Å². The number of aromatic amines is 1. The van der Waals surface area contributed by atoms with Gasteiger partial charge in [-0.3, -0.25) is 0 Å². The average molecular weight is 256 g/mol. The van der Waals surface area contributed by atoms with Crippen molar-refractivity contribution in [1.29, 1.82) is 5.26 Å². The lowest BCUT2D eigenvalue weighted by Gasteiger charge is -2.04. The van der Waals surface area contributed by atoms with Crippen LogP contribution in [0.4, 0.5) is 0 Å². The number of nitriles is 1. The molecule has 0 radical (unpaired) electrons. The fourth-order valence-corrected chi connectivity index (χ4v) is 2.78. The Labute approximate surface area is 111 Å². The molecule has 3 rings (SSSR count). The fourth-order valence-electron chi connectivity index (χ4n) is 2.78. The van der Waals surface area contributed by atoms with Crippen LogP contribution in [0.5, 0.6) is 0 Å². The summed E-state index contributed by atoms with van der Waals surface area (Å²) in [5.41, 5.74) is 1.28. The molecule has 2 atom stereocenters. The quantitative estimate of drug-likeness (QED) is 0.914. The first kappa shape index (κ1) is 12.0. The van der Waals surface area contributed by atoms with Crippen molar-refractivity contribution < 1.29 is 4.52 Å². The molecule has 98 valence electrons. The summed E-state index contributed by atoms with van der Waals surface area (Å²) in [4.78, 5) is 7.33. The summed E-state index contributed by atoms with van der Waals surface area (Å²) in [5, 5.41) is 12.9. The van der Waals surface area contributed by atoms with Crippen molar-refractivity contribution >= 4 is 0 Å². The second-order valence-corrected chi connectivity index (χ2v) is 5.16. The Morgan fingerprint density at radius 1 is 1.53 bits per heavy atom. The first-order chi connectivity index (χ1) is 9.30. The monoisotopic (exact) mass is 256 g/mol. The normalized spacial score (nSPS) is 22.5. The van der Waals surface area contributed by atoms with Gasteiger partial charge in [-0.2, -0.15) is 10.2 Å². The molecular formula is C14H16N4O. The molecule has 1 aliphatic carbocycles. The maximum absolute atomic E-state index is 8.78. The van der Waals surface area contributed by atoms with Crippen LogP contribution in [0.25, 0.3) is 11.5 Å². The number of hydrogen-bond donors (Lipinski definition) is 1. The van der Waals surface area contributed by atoms with Crippen LogP contribution in [-0.4, -0.2) is 15.1 Å². The molecule has 1 N–H and O–H groups in total. The van der Waals surface area contributed by atoms with Gasteiger partial charge >= 0.3 is 0 Å². The van der Waals surface area contributed by atoms with Crippen LogP contribution in [-0.2, 0) is 0 Å². The third-order valence-corrected chi connectivity index (χ3v) is 3.98. The molecule has 1 aliphatic rings. The molecule has 5 heteroatoms. The van der Waals surface area contributed by atoms with Crippen LogP contribution in [0, 0.1) is 17.2 Å². The van der Waals surface area contributed by atoms with E-state index in [4.69, 9.17) is 9.78 Å². The van der Waals surface area contributed by atoms with Crippen LogP contribution in [0.3, 0.4) is 0 Å². The minimum Gasteiger partial charge on any atom is -0.352 e. The summed E-state index contributed by atoms with van der Waals surface area (Å²) >= 11 is 0. The van der Waals surface area contributed by atoms with Gasteiger partial charge in [0.25, 0.3) is 5.89 Å². The minimum atomic E-state index is 0.428. The predicted octanol–water partition coefficient (Wildman–Crippen LogP) is 3.23. The molecule has 5 nitrogen and oxygen atoms in total. The van der Waals surface area contributed by atoms with Gasteiger partial charge in [-0.15, -0.1) is 0 Å². The molecule has 2 unspecified atom stereocenters. The van der Waals surface area contributed by atoms with Crippen molar-refractivity contribution in [3.8, 4) is 17.5 Å². The Kier molecular flexibility index (Phi) is 3.08. The van der Waals surface area contributed by atoms with Crippen molar-refractivity contribution in [2.75, 3.05) is 0 Å². The standard InChI is InChI=1S/C14H16N4O/c1-2-9-3-4-10(5-9)13-17-14(19-18-13)11-6-12(7-15)16-8-11/h6,8-10,16H,2-5H2,1H3. The molecule has 19 heavy (non-hydrogen) atoms. The highest BCUT2D eigenvalue weighted by Crippen LogP contribution is 2.38. The van der Waals surface area contributed by atoms with Crippen LogP contribution in [0.1, 0.15) is 50.0 Å². The highest BCUT2D eigenvalue weighted by molar-refractivity contribution is 5.54. The smallest absolute Gasteiger partial charge is 0.259 e. The molecule has 0 aromatic carbocycles. The molecule has 1 fully saturated rings. The third kappa shape index (κ3) is 2.26. The zero-order valence-corrected chi connectivity index (χ0v) is 10.9. The van der Waals surface area contributed by atoms with Gasteiger partial charge in [-0.05, 0) is 31.2 Å². The molecule has 1 saturated carbocycles. The highest BCUT2D eigenvalue weighted by Gasteiger charge is 2.28. The van der Waals surface area contributed by atoms with E-state index in [9.17, 15) is 0 Å². The second-order valence-electron chi connectivity index (χ2n) is 5.16. The van der Waals surface area contributed by atoms with Crippen molar-refractivity contribution in [2.24, 2.45) is 5.92 Å². The Hall–Kier alpha value is -2.09. The van der Waals surface area contributed by atoms with Gasteiger partial charge in [0.05, 0.1) is 5.56 Å². The summed E-state index contributed by atoms with van der Waals surface area (Å²) in [7, 11) is 0. The second kappa shape index (κ2) is 4.88. The lowest BCUT2D eigenvalue weighted by molar-refractivity contribution is 0.413. The van der Waals surface area contributed by atoms with Gasteiger partial charge < -0.3 is 9.51 Å². The van der Waals surface area contributed by atoms with E-state index in [2.05, 4.69) is 22.0 Å². The summed E-state index contributed by atoms with van der Waals surface area (Å²) in [5.74, 6) is 2.53. The van der Waals surface area contributed by atoms with Crippen LogP contribution in [0.15, 0.2) is 16.8 Å². The van der Waals surface area contributed by atoms with E-state index in [0.717, 1.165) is 30.1 Å². The van der Waals surface area contributed by atoms with Crippen molar-refractivity contribution in [1.82, 2.24) is 15.1 Å².